The summed E-state index contributed by atoms with van der Waals surface area (Å²) in [5.74, 6) is -0.275. The summed E-state index contributed by atoms with van der Waals surface area (Å²) < 4.78 is 42.7. The van der Waals surface area contributed by atoms with Gasteiger partial charge in [-0.25, -0.2) is 5.06 Å². The third-order valence-electron chi connectivity index (χ3n) is 4.93. The molecule has 0 aromatic heterocycles. The summed E-state index contributed by atoms with van der Waals surface area (Å²) in [7, 11) is 1.63. The first-order valence-corrected chi connectivity index (χ1v) is 10.9. The van der Waals surface area contributed by atoms with Crippen LogP contribution in [0.3, 0.4) is 0 Å². The van der Waals surface area contributed by atoms with E-state index in [4.69, 9.17) is 35.0 Å². The first-order valence-electron chi connectivity index (χ1n) is 9.23. The minimum absolute atomic E-state index is 0.206. The number of nitrogens with two attached hydrogens (primary N) is 1. The van der Waals surface area contributed by atoms with Crippen LogP contribution in [0.2, 0.25) is 0 Å². The minimum atomic E-state index is -4.77. The van der Waals surface area contributed by atoms with Crippen LogP contribution in [0, 0.1) is 5.41 Å². The van der Waals surface area contributed by atoms with Crippen molar-refractivity contribution in [1.29, 1.82) is 0 Å². The van der Waals surface area contributed by atoms with Crippen LogP contribution in [0.4, 0.5) is 13.2 Å². The van der Waals surface area contributed by atoms with Crippen LogP contribution in [-0.2, 0) is 15.1 Å². The van der Waals surface area contributed by atoms with Crippen molar-refractivity contribution < 1.29 is 22.7 Å². The second-order valence-corrected chi connectivity index (χ2v) is 8.63. The molecular formula is C20H23BrF3N3O2S2. The Labute approximate surface area is 198 Å². The predicted molar refractivity (Wildman–Crippen MR) is 125 cm³/mol. The number of rotatable bonds is 8. The second kappa shape index (κ2) is 10.4. The maximum absolute atomic E-state index is 12.6. The number of hydrogen-bond acceptors (Lipinski definition) is 5. The fourth-order valence-corrected chi connectivity index (χ4v) is 4.30. The van der Waals surface area contributed by atoms with Crippen LogP contribution in [0.5, 0.6) is 0 Å². The lowest BCUT2D eigenvalue weighted by Gasteiger charge is -2.47. The summed E-state index contributed by atoms with van der Waals surface area (Å²) in [6, 6.07) is 7.45. The zero-order chi connectivity index (χ0) is 23.3. The SMILES string of the molecule is CN(OCCN)C(=S)NC(C=S)(c1cccc(Br)c1)C1(C)C=CC(OC(F)(F)F)=CC1. The number of benzene rings is 1. The summed E-state index contributed by atoms with van der Waals surface area (Å²) in [5, 5.41) is 6.42. The number of ether oxygens (including phenoxy) is 1. The molecule has 170 valence electrons. The van der Waals surface area contributed by atoms with E-state index in [0.29, 0.717) is 6.54 Å². The number of halogens is 4. The molecular weight excluding hydrogens is 515 g/mol. The number of nitrogens with zero attached hydrogens (tertiary/aromatic N) is 1. The Kier molecular flexibility index (Phi) is 8.62. The van der Waals surface area contributed by atoms with Gasteiger partial charge in [0, 0.05) is 28.8 Å². The van der Waals surface area contributed by atoms with E-state index < -0.39 is 17.3 Å². The van der Waals surface area contributed by atoms with Crippen LogP contribution in [0.15, 0.2) is 52.7 Å². The van der Waals surface area contributed by atoms with Gasteiger partial charge in [-0.1, -0.05) is 53.3 Å². The Balaban J connectivity index is 2.46. The lowest BCUT2D eigenvalue weighted by Crippen LogP contribution is -2.59. The highest BCUT2D eigenvalue weighted by molar-refractivity contribution is 9.10. The molecule has 11 heteroatoms. The van der Waals surface area contributed by atoms with Gasteiger partial charge in [0.2, 0.25) is 0 Å². The smallest absolute Gasteiger partial charge is 0.406 e. The highest BCUT2D eigenvalue weighted by Crippen LogP contribution is 2.46. The molecule has 3 N–H and O–H groups in total. The van der Waals surface area contributed by atoms with E-state index >= 15 is 0 Å². The lowest BCUT2D eigenvalue weighted by atomic mass is 9.64. The Morgan fingerprint density at radius 2 is 2.13 bits per heavy atom. The van der Waals surface area contributed by atoms with Gasteiger partial charge in [-0.05, 0) is 48.5 Å². The molecule has 2 atom stereocenters. The molecule has 1 aromatic rings. The highest BCUT2D eigenvalue weighted by atomic mass is 79.9. The summed E-state index contributed by atoms with van der Waals surface area (Å²) in [4.78, 5) is 5.47. The fourth-order valence-electron chi connectivity index (χ4n) is 3.22. The van der Waals surface area contributed by atoms with Crippen LogP contribution in [0.1, 0.15) is 18.9 Å². The Bertz CT molecular complexity index is 881. The van der Waals surface area contributed by atoms with E-state index in [1.165, 1.54) is 22.6 Å². The topological polar surface area (TPSA) is 59.8 Å². The van der Waals surface area contributed by atoms with E-state index in [1.807, 2.05) is 31.2 Å². The number of thiocarbonyl (C=S) groups is 2. The third kappa shape index (κ3) is 6.26. The number of alkyl halides is 3. The molecule has 1 aliphatic carbocycles. The molecule has 0 aliphatic heterocycles. The van der Waals surface area contributed by atoms with E-state index in [2.05, 4.69) is 26.0 Å². The van der Waals surface area contributed by atoms with Crippen molar-refractivity contribution in [2.24, 2.45) is 11.1 Å². The van der Waals surface area contributed by atoms with Gasteiger partial charge in [0.1, 0.15) is 11.3 Å². The number of hydroxylamine groups is 2. The average Bonchev–Trinajstić information content (AvgIpc) is 2.70. The average molecular weight is 538 g/mol. The molecule has 0 fully saturated rings. The van der Waals surface area contributed by atoms with Gasteiger partial charge in [-0.2, -0.15) is 0 Å². The van der Waals surface area contributed by atoms with Crippen molar-refractivity contribution in [3.8, 4) is 0 Å². The van der Waals surface area contributed by atoms with Crippen LogP contribution in [-0.4, -0.2) is 42.1 Å². The molecule has 0 radical (unpaired) electrons. The summed E-state index contributed by atoms with van der Waals surface area (Å²) in [6.07, 6.45) is -0.232. The highest BCUT2D eigenvalue weighted by Gasteiger charge is 2.48. The lowest BCUT2D eigenvalue weighted by molar-refractivity contribution is -0.303. The molecule has 0 saturated heterocycles. The van der Waals surface area contributed by atoms with Crippen molar-refractivity contribution in [1.82, 2.24) is 10.4 Å². The van der Waals surface area contributed by atoms with Crippen LogP contribution < -0.4 is 11.1 Å². The molecule has 1 aliphatic rings. The van der Waals surface area contributed by atoms with Gasteiger partial charge in [-0.15, -0.1) is 13.2 Å². The van der Waals surface area contributed by atoms with Crippen molar-refractivity contribution in [2.75, 3.05) is 20.2 Å². The number of nitrogens with one attached hydrogen (secondary N) is 1. The normalized spacial score (nSPS) is 20.4. The Morgan fingerprint density at radius 3 is 2.65 bits per heavy atom. The third-order valence-corrected chi connectivity index (χ3v) is 6.13. The first-order chi connectivity index (χ1) is 14.5. The molecule has 1 aromatic carbocycles. The van der Waals surface area contributed by atoms with Crippen molar-refractivity contribution >= 4 is 50.8 Å². The standard InChI is InChI=1S/C20H23BrF3N3O2S2/c1-18(8-6-16(7-9-18)29-20(22,23)24)19(13-30,14-4-3-5-15(21)12-14)26-17(31)27(2)28-11-10-25/h3-8,12-13H,9-11,25H2,1-2H3,(H,26,31). The van der Waals surface area contributed by atoms with Crippen molar-refractivity contribution in [3.05, 3.63) is 58.3 Å². The van der Waals surface area contributed by atoms with Gasteiger partial charge in [0.15, 0.2) is 5.11 Å². The molecule has 31 heavy (non-hydrogen) atoms. The molecule has 0 spiro atoms. The van der Waals surface area contributed by atoms with E-state index in [1.54, 1.807) is 13.1 Å². The fraction of sp³-hybridized carbons (Fsp3) is 0.400. The molecule has 0 bridgehead atoms. The van der Waals surface area contributed by atoms with Gasteiger partial charge in [0.05, 0.1) is 6.61 Å². The predicted octanol–water partition coefficient (Wildman–Crippen LogP) is 4.73. The van der Waals surface area contributed by atoms with Crippen LogP contribution >= 0.6 is 40.4 Å². The largest absolute Gasteiger partial charge is 0.573 e. The molecule has 2 rings (SSSR count). The molecule has 2 unspecified atom stereocenters. The van der Waals surface area contributed by atoms with Crippen LogP contribution in [0.25, 0.3) is 0 Å². The molecule has 5 nitrogen and oxygen atoms in total. The van der Waals surface area contributed by atoms with Gasteiger partial charge in [0.25, 0.3) is 0 Å². The van der Waals surface area contributed by atoms with Gasteiger partial charge < -0.3 is 15.8 Å². The second-order valence-electron chi connectivity index (χ2n) is 7.09. The van der Waals surface area contributed by atoms with E-state index in [9.17, 15) is 13.2 Å². The monoisotopic (exact) mass is 537 g/mol. The van der Waals surface area contributed by atoms with Gasteiger partial charge >= 0.3 is 6.36 Å². The number of allylic oxidation sites excluding steroid dienone is 2. The van der Waals surface area contributed by atoms with Crippen molar-refractivity contribution in [2.45, 2.75) is 25.2 Å². The zero-order valence-electron chi connectivity index (χ0n) is 16.9. The van der Waals surface area contributed by atoms with E-state index in [-0.39, 0.29) is 23.9 Å². The molecule has 0 saturated carbocycles. The quantitative estimate of drug-likeness (QED) is 0.367. The Morgan fingerprint density at radius 1 is 1.42 bits per heavy atom. The summed E-state index contributed by atoms with van der Waals surface area (Å²) >= 11 is 14.4. The maximum atomic E-state index is 12.6. The summed E-state index contributed by atoms with van der Waals surface area (Å²) in [5.41, 5.74) is 4.41. The van der Waals surface area contributed by atoms with Crippen molar-refractivity contribution in [3.63, 3.8) is 0 Å². The zero-order valence-corrected chi connectivity index (χ0v) is 20.1. The first kappa shape index (κ1) is 25.7. The number of hydrogen-bond donors (Lipinski definition) is 2. The maximum Gasteiger partial charge on any atom is 0.573 e. The van der Waals surface area contributed by atoms with E-state index in [0.717, 1.165) is 10.0 Å². The Hall–Kier alpha value is -1.53. The summed E-state index contributed by atoms with van der Waals surface area (Å²) in [6.45, 7) is 2.45. The van der Waals surface area contributed by atoms with Gasteiger partial charge in [-0.3, -0.25) is 4.84 Å². The molecule has 0 heterocycles. The minimum Gasteiger partial charge on any atom is -0.406 e. The molecule has 0 amide bonds.